The van der Waals surface area contributed by atoms with Gasteiger partial charge in [-0.15, -0.1) is 0 Å². The molecule has 0 aromatic rings. The van der Waals surface area contributed by atoms with Crippen molar-refractivity contribution < 1.29 is 17.3 Å². The first-order chi connectivity index (χ1) is 6.83. The fourth-order valence-electron chi connectivity index (χ4n) is 1.01. The molecule has 1 rings (SSSR count). The number of rotatable bonds is 3. The SMILES string of the molecule is CN1C=CN(CCCS)C1.F[B-](F)(F)F. The number of halogens is 4. The average molecular weight is 245 g/mol. The monoisotopic (exact) mass is 245 g/mol. The van der Waals surface area contributed by atoms with Gasteiger partial charge in [0.2, 0.25) is 0 Å². The van der Waals surface area contributed by atoms with Gasteiger partial charge in [-0.05, 0) is 12.2 Å². The Bertz CT molecular complexity index is 194. The molecule has 0 fully saturated rings. The van der Waals surface area contributed by atoms with Crippen molar-refractivity contribution in [3.8, 4) is 0 Å². The van der Waals surface area contributed by atoms with E-state index in [4.69, 9.17) is 0 Å². The summed E-state index contributed by atoms with van der Waals surface area (Å²) in [6, 6.07) is 0. The lowest BCUT2D eigenvalue weighted by molar-refractivity contribution is 0.298. The molecule has 0 bridgehead atoms. The van der Waals surface area contributed by atoms with Crippen molar-refractivity contribution in [1.29, 1.82) is 0 Å². The zero-order valence-electron chi connectivity index (χ0n) is 8.41. The van der Waals surface area contributed by atoms with Crippen molar-refractivity contribution in [2.24, 2.45) is 0 Å². The highest BCUT2D eigenvalue weighted by Crippen LogP contribution is 2.06. The molecular weight excluding hydrogens is 231 g/mol. The molecule has 0 aliphatic carbocycles. The van der Waals surface area contributed by atoms with Crippen LogP contribution in [0.3, 0.4) is 0 Å². The van der Waals surface area contributed by atoms with Gasteiger partial charge in [0.25, 0.3) is 0 Å². The Kier molecular flexibility index (Phi) is 6.63. The molecule has 0 saturated carbocycles. The van der Waals surface area contributed by atoms with Gasteiger partial charge in [-0.3, -0.25) is 0 Å². The molecule has 0 aromatic carbocycles. The molecule has 0 radical (unpaired) electrons. The molecule has 0 aromatic heterocycles. The van der Waals surface area contributed by atoms with Crippen LogP contribution >= 0.6 is 12.6 Å². The quantitative estimate of drug-likeness (QED) is 0.463. The molecule has 0 saturated heterocycles. The number of thiol groups is 1. The van der Waals surface area contributed by atoms with E-state index in [0.717, 1.165) is 19.0 Å². The molecule has 15 heavy (non-hydrogen) atoms. The largest absolute Gasteiger partial charge is 0.673 e. The Labute approximate surface area is 92.4 Å². The minimum Gasteiger partial charge on any atom is -0.418 e. The predicted octanol–water partition coefficient (Wildman–Crippen LogP) is 2.28. The van der Waals surface area contributed by atoms with E-state index in [-0.39, 0.29) is 0 Å². The average Bonchev–Trinajstić information content (AvgIpc) is 2.45. The van der Waals surface area contributed by atoms with Crippen molar-refractivity contribution >= 4 is 19.9 Å². The zero-order chi connectivity index (χ0) is 11.9. The summed E-state index contributed by atoms with van der Waals surface area (Å²) in [5, 5.41) is 0. The number of hydrogen-bond donors (Lipinski definition) is 1. The Balaban J connectivity index is 0.000000336. The first-order valence-electron chi connectivity index (χ1n) is 4.43. The lowest BCUT2D eigenvalue weighted by Crippen LogP contribution is -2.23. The van der Waals surface area contributed by atoms with E-state index in [2.05, 4.69) is 41.9 Å². The van der Waals surface area contributed by atoms with Crippen molar-refractivity contribution in [2.75, 3.05) is 26.0 Å². The maximum Gasteiger partial charge on any atom is 0.673 e. The van der Waals surface area contributed by atoms with Gasteiger partial charge >= 0.3 is 7.25 Å². The summed E-state index contributed by atoms with van der Waals surface area (Å²) in [4.78, 5) is 4.45. The van der Waals surface area contributed by atoms with Gasteiger partial charge in [-0.25, -0.2) is 0 Å². The van der Waals surface area contributed by atoms with Crippen LogP contribution in [0, 0.1) is 0 Å². The molecule has 0 spiro atoms. The fourth-order valence-corrected chi connectivity index (χ4v) is 1.15. The van der Waals surface area contributed by atoms with E-state index in [1.54, 1.807) is 0 Å². The third-order valence-electron chi connectivity index (χ3n) is 1.54. The third-order valence-corrected chi connectivity index (χ3v) is 1.86. The van der Waals surface area contributed by atoms with E-state index >= 15 is 0 Å². The molecule has 90 valence electrons. The Morgan fingerprint density at radius 1 is 1.27 bits per heavy atom. The molecule has 0 unspecified atom stereocenters. The summed E-state index contributed by atoms with van der Waals surface area (Å²) < 4.78 is 39.0. The standard InChI is InChI=1S/C7H14N2S.BF4/c1-8-4-5-9(7-8)3-2-6-10;2-1(3,4)5/h4-5,10H,2-3,6-7H2,1H3;/q;-1. The Hall–Kier alpha value is -0.525. The Morgan fingerprint density at radius 2 is 1.80 bits per heavy atom. The van der Waals surface area contributed by atoms with Crippen LogP contribution in [0.2, 0.25) is 0 Å². The lowest BCUT2D eigenvalue weighted by Gasteiger charge is -2.16. The first-order valence-corrected chi connectivity index (χ1v) is 5.07. The van der Waals surface area contributed by atoms with Crippen molar-refractivity contribution in [3.63, 3.8) is 0 Å². The van der Waals surface area contributed by atoms with Gasteiger partial charge in [0, 0.05) is 26.0 Å². The van der Waals surface area contributed by atoms with Crippen LogP contribution in [0.1, 0.15) is 6.42 Å². The van der Waals surface area contributed by atoms with Crippen LogP contribution in [0.25, 0.3) is 0 Å². The van der Waals surface area contributed by atoms with Crippen LogP contribution in [0.15, 0.2) is 12.4 Å². The zero-order valence-corrected chi connectivity index (χ0v) is 9.31. The van der Waals surface area contributed by atoms with Gasteiger partial charge in [0.05, 0.1) is 6.67 Å². The molecular formula is C7H14BF4N2S-. The van der Waals surface area contributed by atoms with E-state index in [1.807, 2.05) is 0 Å². The van der Waals surface area contributed by atoms with Crippen LogP contribution < -0.4 is 0 Å². The van der Waals surface area contributed by atoms with Crippen molar-refractivity contribution in [3.05, 3.63) is 12.4 Å². The second-order valence-electron chi connectivity index (χ2n) is 3.08. The summed E-state index contributed by atoms with van der Waals surface area (Å²) in [6.45, 7) is 2.16. The highest BCUT2D eigenvalue weighted by molar-refractivity contribution is 7.80. The molecule has 8 heteroatoms. The van der Waals surface area contributed by atoms with Crippen LogP contribution in [0.4, 0.5) is 17.3 Å². The summed E-state index contributed by atoms with van der Waals surface area (Å²) in [5.41, 5.74) is 0. The summed E-state index contributed by atoms with van der Waals surface area (Å²) >= 11 is 4.15. The molecule has 0 atom stereocenters. The minimum atomic E-state index is -6.00. The maximum atomic E-state index is 9.75. The molecule has 0 amide bonds. The van der Waals surface area contributed by atoms with Gasteiger partial charge in [0.15, 0.2) is 0 Å². The third kappa shape index (κ3) is 11.4. The summed E-state index contributed by atoms with van der Waals surface area (Å²) in [6.07, 6.45) is 5.39. The number of nitrogens with zero attached hydrogens (tertiary/aromatic N) is 2. The molecule has 1 heterocycles. The smallest absolute Gasteiger partial charge is 0.418 e. The lowest BCUT2D eigenvalue weighted by atomic mass is 10.3. The maximum absolute atomic E-state index is 9.75. The van der Waals surface area contributed by atoms with E-state index in [1.165, 1.54) is 6.42 Å². The number of hydrogen-bond acceptors (Lipinski definition) is 3. The van der Waals surface area contributed by atoms with Gasteiger partial charge in [-0.1, -0.05) is 0 Å². The molecule has 2 nitrogen and oxygen atoms in total. The molecule has 0 N–H and O–H groups in total. The van der Waals surface area contributed by atoms with E-state index in [0.29, 0.717) is 0 Å². The summed E-state index contributed by atoms with van der Waals surface area (Å²) in [7, 11) is -3.92. The predicted molar refractivity (Wildman–Crippen MR) is 57.1 cm³/mol. The second kappa shape index (κ2) is 6.87. The fraction of sp³-hybridized carbons (Fsp3) is 0.714. The summed E-state index contributed by atoms with van der Waals surface area (Å²) in [5.74, 6) is 0.980. The minimum absolute atomic E-state index is 0.980. The van der Waals surface area contributed by atoms with Crippen molar-refractivity contribution in [2.45, 2.75) is 6.42 Å². The van der Waals surface area contributed by atoms with Crippen LogP contribution in [-0.4, -0.2) is 43.1 Å². The van der Waals surface area contributed by atoms with E-state index < -0.39 is 7.25 Å². The Morgan fingerprint density at radius 3 is 2.13 bits per heavy atom. The van der Waals surface area contributed by atoms with E-state index in [9.17, 15) is 17.3 Å². The topological polar surface area (TPSA) is 6.48 Å². The normalized spacial score (nSPS) is 15.3. The molecule has 1 aliphatic rings. The highest BCUT2D eigenvalue weighted by Gasteiger charge is 2.20. The van der Waals surface area contributed by atoms with Gasteiger partial charge < -0.3 is 27.1 Å². The first kappa shape index (κ1) is 14.5. The van der Waals surface area contributed by atoms with Crippen molar-refractivity contribution in [1.82, 2.24) is 9.80 Å². The van der Waals surface area contributed by atoms with Gasteiger partial charge in [0.1, 0.15) is 0 Å². The van der Waals surface area contributed by atoms with Crippen LogP contribution in [-0.2, 0) is 0 Å². The highest BCUT2D eigenvalue weighted by atomic mass is 32.1. The second-order valence-corrected chi connectivity index (χ2v) is 3.53. The van der Waals surface area contributed by atoms with Crippen LogP contribution in [0.5, 0.6) is 0 Å². The molecule has 1 aliphatic heterocycles. The van der Waals surface area contributed by atoms with Gasteiger partial charge in [-0.2, -0.15) is 12.6 Å².